The predicted octanol–water partition coefficient (Wildman–Crippen LogP) is 2.64. The zero-order valence-corrected chi connectivity index (χ0v) is 19.3. The minimum Gasteiger partial charge on any atom is -0.451 e. The van der Waals surface area contributed by atoms with Crippen LogP contribution in [0.25, 0.3) is 10.9 Å². The van der Waals surface area contributed by atoms with Gasteiger partial charge in [0.15, 0.2) is 11.9 Å². The molecule has 174 valence electrons. The average Bonchev–Trinajstić information content (AvgIpc) is 2.78. The Morgan fingerprint density at radius 3 is 2.42 bits per heavy atom. The van der Waals surface area contributed by atoms with E-state index in [2.05, 4.69) is 9.97 Å². The Morgan fingerprint density at radius 2 is 1.76 bits per heavy atom. The number of aromatic amines is 1. The van der Waals surface area contributed by atoms with Gasteiger partial charge in [-0.15, -0.1) is 0 Å². The van der Waals surface area contributed by atoms with Crippen molar-refractivity contribution in [2.24, 2.45) is 0 Å². The first-order valence-electron chi connectivity index (χ1n) is 10.6. The van der Waals surface area contributed by atoms with Gasteiger partial charge in [-0.2, -0.15) is 4.31 Å². The zero-order chi connectivity index (χ0) is 23.8. The van der Waals surface area contributed by atoms with E-state index in [1.807, 2.05) is 13.8 Å². The monoisotopic (exact) mass is 471 g/mol. The van der Waals surface area contributed by atoms with Crippen molar-refractivity contribution in [3.05, 3.63) is 70.3 Å². The highest BCUT2D eigenvalue weighted by Gasteiger charge is 2.32. The highest BCUT2D eigenvalue weighted by Crippen LogP contribution is 2.22. The number of rotatable bonds is 5. The number of morpholine rings is 1. The molecule has 1 N–H and O–H groups in total. The number of nitrogens with one attached hydrogen (secondary N) is 1. The molecule has 0 amide bonds. The number of H-pyrrole nitrogens is 1. The van der Waals surface area contributed by atoms with Crippen molar-refractivity contribution in [1.29, 1.82) is 0 Å². The highest BCUT2D eigenvalue weighted by atomic mass is 32.2. The van der Waals surface area contributed by atoms with Crippen molar-refractivity contribution in [3.8, 4) is 0 Å². The van der Waals surface area contributed by atoms with E-state index >= 15 is 0 Å². The lowest BCUT2D eigenvalue weighted by molar-refractivity contribution is -0.0440. The summed E-state index contributed by atoms with van der Waals surface area (Å²) >= 11 is 0. The molecule has 3 atom stereocenters. The Kier molecular flexibility index (Phi) is 6.33. The molecule has 0 aliphatic carbocycles. The van der Waals surface area contributed by atoms with Gasteiger partial charge in [0.25, 0.3) is 5.56 Å². The van der Waals surface area contributed by atoms with E-state index < -0.39 is 22.1 Å². The van der Waals surface area contributed by atoms with E-state index in [9.17, 15) is 18.0 Å². The molecule has 1 aliphatic rings. The van der Waals surface area contributed by atoms with Crippen LogP contribution in [0.5, 0.6) is 0 Å². The van der Waals surface area contributed by atoms with Crippen LogP contribution in [0.1, 0.15) is 43.1 Å². The van der Waals surface area contributed by atoms with Crippen LogP contribution in [0.3, 0.4) is 0 Å². The SMILES string of the molecule is C[C@@H]1CN(S(=O)(=O)c2ccc(C(=O)O[C@@H](C)c3nc4ccccc4c(=O)[nH]3)cc2)C[C@H](C)O1. The third-order valence-corrected chi connectivity index (χ3v) is 7.26. The normalized spacial score (nSPS) is 20.5. The molecule has 0 saturated carbocycles. The van der Waals surface area contributed by atoms with Gasteiger partial charge in [0.1, 0.15) is 0 Å². The first kappa shape index (κ1) is 23.1. The number of nitrogens with zero attached hydrogens (tertiary/aromatic N) is 2. The van der Waals surface area contributed by atoms with Crippen LogP contribution in [0.2, 0.25) is 0 Å². The van der Waals surface area contributed by atoms with Gasteiger partial charge in [-0.05, 0) is 57.2 Å². The van der Waals surface area contributed by atoms with Crippen LogP contribution in [0, 0.1) is 0 Å². The Labute approximate surface area is 191 Å². The number of esters is 1. The number of aromatic nitrogens is 2. The number of hydrogen-bond donors (Lipinski definition) is 1. The van der Waals surface area contributed by atoms with Crippen molar-refractivity contribution in [3.63, 3.8) is 0 Å². The summed E-state index contributed by atoms with van der Waals surface area (Å²) in [7, 11) is -3.71. The maximum atomic E-state index is 13.0. The second-order valence-corrected chi connectivity index (χ2v) is 10.1. The molecule has 1 aliphatic heterocycles. The molecule has 0 unspecified atom stereocenters. The van der Waals surface area contributed by atoms with E-state index in [4.69, 9.17) is 9.47 Å². The predicted molar refractivity (Wildman–Crippen MR) is 121 cm³/mol. The van der Waals surface area contributed by atoms with Gasteiger partial charge in [0, 0.05) is 13.1 Å². The molecule has 2 heterocycles. The van der Waals surface area contributed by atoms with Crippen molar-refractivity contribution in [2.75, 3.05) is 13.1 Å². The molecular weight excluding hydrogens is 446 g/mol. The zero-order valence-electron chi connectivity index (χ0n) is 18.5. The Morgan fingerprint density at radius 1 is 1.12 bits per heavy atom. The van der Waals surface area contributed by atoms with Crippen LogP contribution >= 0.6 is 0 Å². The van der Waals surface area contributed by atoms with Gasteiger partial charge in [0.05, 0.1) is 33.6 Å². The Balaban J connectivity index is 1.49. The molecule has 0 bridgehead atoms. The van der Waals surface area contributed by atoms with Crippen LogP contribution in [0.15, 0.2) is 58.2 Å². The molecule has 1 saturated heterocycles. The second-order valence-electron chi connectivity index (χ2n) is 8.12. The molecular formula is C23H25N3O6S. The van der Waals surface area contributed by atoms with E-state index in [1.54, 1.807) is 31.2 Å². The van der Waals surface area contributed by atoms with E-state index in [0.29, 0.717) is 10.9 Å². The number of para-hydroxylation sites is 1. The minimum atomic E-state index is -3.71. The average molecular weight is 472 g/mol. The second kappa shape index (κ2) is 9.05. The van der Waals surface area contributed by atoms with E-state index in [1.165, 1.54) is 28.6 Å². The number of carbonyl (C=O) groups is 1. The summed E-state index contributed by atoms with van der Waals surface area (Å²) in [5.74, 6) is -0.433. The lowest BCUT2D eigenvalue weighted by Crippen LogP contribution is -2.48. The Hall–Kier alpha value is -3.08. The van der Waals surface area contributed by atoms with Crippen molar-refractivity contribution >= 4 is 26.9 Å². The van der Waals surface area contributed by atoms with Crippen molar-refractivity contribution < 1.29 is 22.7 Å². The van der Waals surface area contributed by atoms with Crippen molar-refractivity contribution in [2.45, 2.75) is 44.0 Å². The highest BCUT2D eigenvalue weighted by molar-refractivity contribution is 7.89. The van der Waals surface area contributed by atoms with Crippen molar-refractivity contribution in [1.82, 2.24) is 14.3 Å². The molecule has 1 fully saturated rings. The molecule has 4 rings (SSSR count). The van der Waals surface area contributed by atoms with Gasteiger partial charge in [-0.1, -0.05) is 12.1 Å². The van der Waals surface area contributed by atoms with Gasteiger partial charge < -0.3 is 14.5 Å². The van der Waals surface area contributed by atoms with Gasteiger partial charge in [0.2, 0.25) is 10.0 Å². The summed E-state index contributed by atoms with van der Waals surface area (Å²) in [5.41, 5.74) is 0.368. The van der Waals surface area contributed by atoms with Crippen LogP contribution < -0.4 is 5.56 Å². The fourth-order valence-electron chi connectivity index (χ4n) is 3.82. The largest absolute Gasteiger partial charge is 0.451 e. The first-order valence-corrected chi connectivity index (χ1v) is 12.0. The van der Waals surface area contributed by atoms with Crippen LogP contribution in [0.4, 0.5) is 0 Å². The third kappa shape index (κ3) is 4.82. The minimum absolute atomic E-state index is 0.0916. The molecule has 0 spiro atoms. The summed E-state index contributed by atoms with van der Waals surface area (Å²) < 4.78 is 38.4. The molecule has 33 heavy (non-hydrogen) atoms. The summed E-state index contributed by atoms with van der Waals surface area (Å²) in [5, 5.41) is 0.445. The molecule has 3 aromatic rings. The van der Waals surface area contributed by atoms with Gasteiger partial charge >= 0.3 is 5.97 Å². The van der Waals surface area contributed by atoms with Crippen LogP contribution in [-0.2, 0) is 19.5 Å². The maximum absolute atomic E-state index is 13.0. The topological polar surface area (TPSA) is 119 Å². The van der Waals surface area contributed by atoms with Gasteiger partial charge in [-0.3, -0.25) is 4.79 Å². The van der Waals surface area contributed by atoms with Crippen LogP contribution in [-0.4, -0.2) is 54.0 Å². The quantitative estimate of drug-likeness (QED) is 0.568. The number of fused-ring (bicyclic) bond motifs is 1. The number of benzene rings is 2. The summed E-state index contributed by atoms with van der Waals surface area (Å²) in [6, 6.07) is 12.5. The molecule has 10 heteroatoms. The summed E-state index contributed by atoms with van der Waals surface area (Å²) in [4.78, 5) is 32.0. The fourth-order valence-corrected chi connectivity index (χ4v) is 5.41. The van der Waals surface area contributed by atoms with E-state index in [0.717, 1.165) is 0 Å². The number of ether oxygens (including phenoxy) is 2. The summed E-state index contributed by atoms with van der Waals surface area (Å²) in [6.45, 7) is 5.80. The third-order valence-electron chi connectivity index (χ3n) is 5.41. The Bertz CT molecular complexity index is 1330. The van der Waals surface area contributed by atoms with E-state index in [-0.39, 0.29) is 47.1 Å². The number of carbonyl (C=O) groups excluding carboxylic acids is 1. The number of hydrogen-bond acceptors (Lipinski definition) is 7. The molecule has 2 aromatic carbocycles. The smallest absolute Gasteiger partial charge is 0.338 e. The molecule has 1 aromatic heterocycles. The summed E-state index contributed by atoms with van der Waals surface area (Å²) in [6.07, 6.45) is -1.21. The molecule has 9 nitrogen and oxygen atoms in total. The fraction of sp³-hybridized carbons (Fsp3) is 0.348. The first-order chi connectivity index (χ1) is 15.6. The lowest BCUT2D eigenvalue weighted by atomic mass is 10.2. The maximum Gasteiger partial charge on any atom is 0.338 e. The standard InChI is InChI=1S/C23H25N3O6S/c1-14-12-26(13-15(2)31-14)33(29,30)18-10-8-17(9-11-18)23(28)32-16(3)21-24-20-7-5-4-6-19(20)22(27)25-21/h4-11,14-16H,12-13H2,1-3H3,(H,24,25,27)/t14-,15+,16-/m0/s1. The number of sulfonamides is 1. The van der Waals surface area contributed by atoms with Gasteiger partial charge in [-0.25, -0.2) is 18.2 Å². The molecule has 0 radical (unpaired) electrons. The lowest BCUT2D eigenvalue weighted by Gasteiger charge is -2.34.